The minimum atomic E-state index is -0.334. The molecule has 0 bridgehead atoms. The molecular weight excluding hydrogens is 291 g/mol. The van der Waals surface area contributed by atoms with E-state index in [2.05, 4.69) is 12.1 Å². The first-order valence-electron chi connectivity index (χ1n) is 8.21. The summed E-state index contributed by atoms with van der Waals surface area (Å²) in [6.07, 6.45) is 3.26. The van der Waals surface area contributed by atoms with Crippen LogP contribution in [0.25, 0.3) is 11.1 Å². The maximum Gasteiger partial charge on any atom is 0.165 e. The first kappa shape index (κ1) is 15.7. The topological polar surface area (TPSA) is 26.3 Å². The third-order valence-corrected chi connectivity index (χ3v) is 4.49. The second kappa shape index (κ2) is 6.95. The Labute approximate surface area is 136 Å². The number of hydrogen-bond acceptors (Lipinski definition) is 2. The smallest absolute Gasteiger partial charge is 0.165 e. The largest absolute Gasteiger partial charge is 0.491 e. The van der Waals surface area contributed by atoms with Crippen molar-refractivity contribution in [1.29, 1.82) is 0 Å². The molecule has 1 aliphatic carbocycles. The molecule has 0 unspecified atom stereocenters. The molecule has 120 valence electrons. The van der Waals surface area contributed by atoms with Crippen molar-refractivity contribution in [3.8, 4) is 16.9 Å². The SMILES string of the molecule is CCOc1ccc(-c2ccc(C3CCC(=O)CC3)cc2)cc1F. The van der Waals surface area contributed by atoms with Gasteiger partial charge in [-0.25, -0.2) is 4.39 Å². The van der Waals surface area contributed by atoms with Gasteiger partial charge >= 0.3 is 0 Å². The normalized spacial score (nSPS) is 15.7. The Hall–Kier alpha value is -2.16. The molecular formula is C20H21FO2. The highest BCUT2D eigenvalue weighted by atomic mass is 19.1. The molecule has 0 spiro atoms. The average Bonchev–Trinajstić information content (AvgIpc) is 2.58. The molecule has 0 aliphatic heterocycles. The van der Waals surface area contributed by atoms with Crippen LogP contribution < -0.4 is 4.74 Å². The van der Waals surface area contributed by atoms with Gasteiger partial charge in [0, 0.05) is 12.8 Å². The summed E-state index contributed by atoms with van der Waals surface area (Å²) in [5.74, 6) is 0.806. The summed E-state index contributed by atoms with van der Waals surface area (Å²) < 4.78 is 19.2. The van der Waals surface area contributed by atoms with Gasteiger partial charge in [-0.1, -0.05) is 30.3 Å². The first-order chi connectivity index (χ1) is 11.2. The predicted octanol–water partition coefficient (Wildman–Crippen LogP) is 5.12. The number of carbonyl (C=O) groups excluding carboxylic acids is 1. The third kappa shape index (κ3) is 3.61. The summed E-state index contributed by atoms with van der Waals surface area (Å²) in [6, 6.07) is 13.3. The van der Waals surface area contributed by atoms with Crippen molar-refractivity contribution < 1.29 is 13.9 Å². The Morgan fingerprint density at radius 2 is 1.70 bits per heavy atom. The maximum atomic E-state index is 14.0. The predicted molar refractivity (Wildman–Crippen MR) is 89.2 cm³/mol. The van der Waals surface area contributed by atoms with Crippen molar-refractivity contribution in [3.63, 3.8) is 0 Å². The van der Waals surface area contributed by atoms with E-state index in [9.17, 15) is 9.18 Å². The van der Waals surface area contributed by atoms with Gasteiger partial charge in [-0.05, 0) is 54.5 Å². The van der Waals surface area contributed by atoms with Crippen LogP contribution in [0.1, 0.15) is 44.1 Å². The van der Waals surface area contributed by atoms with Crippen LogP contribution in [-0.4, -0.2) is 12.4 Å². The summed E-state index contributed by atoms with van der Waals surface area (Å²) in [5, 5.41) is 0. The molecule has 1 aliphatic rings. The zero-order valence-corrected chi connectivity index (χ0v) is 13.3. The Kier molecular flexibility index (Phi) is 4.75. The molecule has 1 fully saturated rings. The molecule has 0 radical (unpaired) electrons. The summed E-state index contributed by atoms with van der Waals surface area (Å²) >= 11 is 0. The molecule has 0 N–H and O–H groups in total. The van der Waals surface area contributed by atoms with Crippen molar-refractivity contribution in [3.05, 3.63) is 53.8 Å². The van der Waals surface area contributed by atoms with Crippen LogP contribution in [0, 0.1) is 5.82 Å². The minimum Gasteiger partial charge on any atom is -0.491 e. The van der Waals surface area contributed by atoms with Crippen LogP contribution in [-0.2, 0) is 4.79 Å². The lowest BCUT2D eigenvalue weighted by Crippen LogP contribution is -2.12. The van der Waals surface area contributed by atoms with Gasteiger partial charge in [-0.2, -0.15) is 0 Å². The van der Waals surface area contributed by atoms with Crippen molar-refractivity contribution in [2.24, 2.45) is 0 Å². The van der Waals surface area contributed by atoms with E-state index in [0.29, 0.717) is 36.9 Å². The highest BCUT2D eigenvalue weighted by Gasteiger charge is 2.20. The van der Waals surface area contributed by atoms with E-state index in [-0.39, 0.29) is 5.82 Å². The lowest BCUT2D eigenvalue weighted by atomic mass is 9.83. The zero-order valence-electron chi connectivity index (χ0n) is 13.3. The summed E-state index contributed by atoms with van der Waals surface area (Å²) in [5.41, 5.74) is 3.10. The molecule has 0 aromatic heterocycles. The number of benzene rings is 2. The minimum absolute atomic E-state index is 0.291. The van der Waals surface area contributed by atoms with E-state index >= 15 is 0 Å². The van der Waals surface area contributed by atoms with Crippen LogP contribution in [0.15, 0.2) is 42.5 Å². The Balaban J connectivity index is 1.77. The van der Waals surface area contributed by atoms with Gasteiger partial charge in [0.2, 0.25) is 0 Å². The number of ether oxygens (including phenoxy) is 1. The van der Waals surface area contributed by atoms with E-state index < -0.39 is 0 Å². The monoisotopic (exact) mass is 312 g/mol. The fourth-order valence-corrected chi connectivity index (χ4v) is 3.17. The van der Waals surface area contributed by atoms with Crippen LogP contribution in [0.3, 0.4) is 0 Å². The first-order valence-corrected chi connectivity index (χ1v) is 8.21. The van der Waals surface area contributed by atoms with Gasteiger partial charge in [0.15, 0.2) is 11.6 Å². The standard InChI is InChI=1S/C20H21FO2/c1-2-23-20-12-9-17(13-19(20)21)16-5-3-14(4-6-16)15-7-10-18(22)11-8-15/h3-6,9,12-13,15H,2,7-8,10-11H2,1H3. The van der Waals surface area contributed by atoms with Gasteiger partial charge < -0.3 is 4.74 Å². The summed E-state index contributed by atoms with van der Waals surface area (Å²) in [7, 11) is 0. The van der Waals surface area contributed by atoms with E-state index in [1.807, 2.05) is 25.1 Å². The molecule has 23 heavy (non-hydrogen) atoms. The van der Waals surface area contributed by atoms with Crippen LogP contribution in [0.5, 0.6) is 5.75 Å². The number of carbonyl (C=O) groups is 1. The van der Waals surface area contributed by atoms with E-state index in [1.165, 1.54) is 11.6 Å². The summed E-state index contributed by atoms with van der Waals surface area (Å²) in [4.78, 5) is 11.3. The molecule has 0 amide bonds. The zero-order chi connectivity index (χ0) is 16.2. The number of Topliss-reactive ketones (excluding diaryl/α,β-unsaturated/α-hetero) is 1. The lowest BCUT2D eigenvalue weighted by Gasteiger charge is -2.21. The second-order valence-corrected chi connectivity index (χ2v) is 6.01. The fraction of sp³-hybridized carbons (Fsp3) is 0.350. The van der Waals surface area contributed by atoms with Crippen LogP contribution in [0.2, 0.25) is 0 Å². The number of ketones is 1. The lowest BCUT2D eigenvalue weighted by molar-refractivity contribution is -0.120. The Bertz CT molecular complexity index is 681. The molecule has 2 aromatic carbocycles. The molecule has 0 heterocycles. The molecule has 0 atom stereocenters. The maximum absolute atomic E-state index is 14.0. The second-order valence-electron chi connectivity index (χ2n) is 6.01. The van der Waals surface area contributed by atoms with Crippen molar-refractivity contribution in [2.45, 2.75) is 38.5 Å². The molecule has 2 aromatic rings. The highest BCUT2D eigenvalue weighted by molar-refractivity contribution is 5.79. The number of hydrogen-bond donors (Lipinski definition) is 0. The van der Waals surface area contributed by atoms with E-state index in [0.717, 1.165) is 24.0 Å². The van der Waals surface area contributed by atoms with Gasteiger partial charge in [0.1, 0.15) is 5.78 Å². The Morgan fingerprint density at radius 1 is 1.04 bits per heavy atom. The summed E-state index contributed by atoms with van der Waals surface area (Å²) in [6.45, 7) is 2.29. The molecule has 2 nitrogen and oxygen atoms in total. The average molecular weight is 312 g/mol. The van der Waals surface area contributed by atoms with Crippen molar-refractivity contribution >= 4 is 5.78 Å². The van der Waals surface area contributed by atoms with E-state index in [4.69, 9.17) is 4.74 Å². The number of rotatable bonds is 4. The number of halogens is 1. The molecule has 1 saturated carbocycles. The molecule has 0 saturated heterocycles. The Morgan fingerprint density at radius 3 is 2.30 bits per heavy atom. The molecule has 3 heteroatoms. The quantitative estimate of drug-likeness (QED) is 0.783. The third-order valence-electron chi connectivity index (χ3n) is 4.49. The van der Waals surface area contributed by atoms with Crippen molar-refractivity contribution in [1.82, 2.24) is 0 Å². The fourth-order valence-electron chi connectivity index (χ4n) is 3.17. The van der Waals surface area contributed by atoms with Gasteiger partial charge in [0.25, 0.3) is 0 Å². The van der Waals surface area contributed by atoms with E-state index in [1.54, 1.807) is 6.07 Å². The van der Waals surface area contributed by atoms with Gasteiger partial charge in [-0.3, -0.25) is 4.79 Å². The van der Waals surface area contributed by atoms with Crippen molar-refractivity contribution in [2.75, 3.05) is 6.61 Å². The van der Waals surface area contributed by atoms with Crippen LogP contribution >= 0.6 is 0 Å². The van der Waals surface area contributed by atoms with Gasteiger partial charge in [0.05, 0.1) is 6.61 Å². The molecule has 3 rings (SSSR count). The van der Waals surface area contributed by atoms with Gasteiger partial charge in [-0.15, -0.1) is 0 Å². The highest BCUT2D eigenvalue weighted by Crippen LogP contribution is 2.33. The van der Waals surface area contributed by atoms with Crippen LogP contribution in [0.4, 0.5) is 4.39 Å².